The number of halogens is 4. The summed E-state index contributed by atoms with van der Waals surface area (Å²) >= 11 is 0. The molecule has 2 aliphatic carbocycles. The Kier molecular flexibility index (Phi) is 18.0. The van der Waals surface area contributed by atoms with Gasteiger partial charge in [-0.25, -0.2) is 24.3 Å². The van der Waals surface area contributed by atoms with E-state index in [1.165, 1.54) is 38.5 Å². The third-order valence-electron chi connectivity index (χ3n) is 2.58. The standard InChI is InChI=1S/2C8H11.BF4.Rh/c2*1-2-4-6-8-7-5-3-1;2-1(3,4)5;/h2*1-3H,4,6-8H2;;/q3*-1;+3. The summed E-state index contributed by atoms with van der Waals surface area (Å²) in [6.45, 7) is 0. The molecule has 0 aromatic heterocycles. The molecule has 0 fully saturated rings. The number of allylic oxidation sites excluding steroid dienone is 8. The first-order valence-corrected chi connectivity index (χ1v) is 7.31. The maximum atomic E-state index is 9.75. The predicted molar refractivity (Wildman–Crippen MR) is 81.0 cm³/mol. The number of rotatable bonds is 0. The van der Waals surface area contributed by atoms with Gasteiger partial charge in [-0.3, -0.25) is 12.2 Å². The molecule has 0 aromatic carbocycles. The summed E-state index contributed by atoms with van der Waals surface area (Å²) in [7, 11) is -6.00. The molecule has 0 saturated carbocycles. The van der Waals surface area contributed by atoms with Gasteiger partial charge in [0.1, 0.15) is 0 Å². The Balaban J connectivity index is 0. The Morgan fingerprint density at radius 2 is 1.05 bits per heavy atom. The summed E-state index contributed by atoms with van der Waals surface area (Å²) in [5.74, 6) is 0. The fraction of sp³-hybridized carbons (Fsp3) is 0.500. The van der Waals surface area contributed by atoms with Crippen LogP contribution in [0.4, 0.5) is 17.3 Å². The van der Waals surface area contributed by atoms with Crippen molar-refractivity contribution in [2.24, 2.45) is 0 Å². The van der Waals surface area contributed by atoms with Gasteiger partial charge in [-0.15, -0.1) is 12.8 Å². The third kappa shape index (κ3) is 27.7. The van der Waals surface area contributed by atoms with Crippen molar-refractivity contribution in [2.45, 2.75) is 51.4 Å². The van der Waals surface area contributed by atoms with Crippen LogP contribution in [0.25, 0.3) is 0 Å². The van der Waals surface area contributed by atoms with Crippen LogP contribution in [0, 0.1) is 12.2 Å². The minimum absolute atomic E-state index is 0. The smallest absolute Gasteiger partial charge is 0.418 e. The van der Waals surface area contributed by atoms with E-state index in [2.05, 4.69) is 36.5 Å². The molecule has 0 unspecified atom stereocenters. The predicted octanol–water partition coefficient (Wildman–Crippen LogP) is 6.25. The normalized spacial score (nSPS) is 17.3. The van der Waals surface area contributed by atoms with Gasteiger partial charge in [0.2, 0.25) is 0 Å². The van der Waals surface area contributed by atoms with Crippen molar-refractivity contribution in [1.29, 1.82) is 0 Å². The van der Waals surface area contributed by atoms with E-state index in [4.69, 9.17) is 0 Å². The van der Waals surface area contributed by atoms with Gasteiger partial charge in [-0.05, 0) is 0 Å². The third-order valence-corrected chi connectivity index (χ3v) is 2.58. The van der Waals surface area contributed by atoms with Crippen LogP contribution in [0.2, 0.25) is 0 Å². The molecule has 2 rings (SSSR count). The summed E-state index contributed by atoms with van der Waals surface area (Å²) in [5.41, 5.74) is 0. The molecule has 0 nitrogen and oxygen atoms in total. The average molecular weight is 404 g/mol. The van der Waals surface area contributed by atoms with Crippen LogP contribution in [0.5, 0.6) is 0 Å². The minimum atomic E-state index is -6.00. The molecule has 0 amide bonds. The van der Waals surface area contributed by atoms with E-state index in [9.17, 15) is 17.3 Å². The Morgan fingerprint density at radius 3 is 1.41 bits per heavy atom. The van der Waals surface area contributed by atoms with Crippen LogP contribution in [0.1, 0.15) is 51.4 Å². The van der Waals surface area contributed by atoms with Gasteiger partial charge in [0, 0.05) is 0 Å². The van der Waals surface area contributed by atoms with Gasteiger partial charge < -0.3 is 17.3 Å². The second-order valence-corrected chi connectivity index (χ2v) is 4.58. The molecule has 0 atom stereocenters. The Labute approximate surface area is 144 Å². The van der Waals surface area contributed by atoms with Crippen LogP contribution in [0.3, 0.4) is 0 Å². The van der Waals surface area contributed by atoms with E-state index in [1.54, 1.807) is 0 Å². The molecular formula is C16H22BF4Rh. The van der Waals surface area contributed by atoms with Crippen LogP contribution in [-0.4, -0.2) is 7.25 Å². The van der Waals surface area contributed by atoms with Gasteiger partial charge >= 0.3 is 26.7 Å². The maximum Gasteiger partial charge on any atom is 3.00 e. The zero-order chi connectivity index (χ0) is 15.8. The van der Waals surface area contributed by atoms with Gasteiger partial charge in [0.15, 0.2) is 0 Å². The van der Waals surface area contributed by atoms with Crippen LogP contribution < -0.4 is 0 Å². The fourth-order valence-electron chi connectivity index (χ4n) is 1.61. The summed E-state index contributed by atoms with van der Waals surface area (Å²) in [5, 5.41) is 0. The zero-order valence-corrected chi connectivity index (χ0v) is 14.2. The number of hydrogen-bond donors (Lipinski definition) is 0. The Morgan fingerprint density at radius 1 is 0.682 bits per heavy atom. The molecule has 2 aliphatic rings. The first-order chi connectivity index (χ1) is 10.0. The molecule has 22 heavy (non-hydrogen) atoms. The second-order valence-electron chi connectivity index (χ2n) is 4.58. The van der Waals surface area contributed by atoms with Gasteiger partial charge in [0.05, 0.1) is 0 Å². The maximum absolute atomic E-state index is 9.75. The molecule has 126 valence electrons. The molecule has 6 heteroatoms. The van der Waals surface area contributed by atoms with Gasteiger partial charge in [-0.2, -0.15) is 12.2 Å². The molecule has 0 aliphatic heterocycles. The molecule has 0 saturated heterocycles. The van der Waals surface area contributed by atoms with E-state index >= 15 is 0 Å². The molecule has 0 heterocycles. The molecular weight excluding hydrogens is 382 g/mol. The first kappa shape index (κ1) is 23.6. The first-order valence-electron chi connectivity index (χ1n) is 7.31. The van der Waals surface area contributed by atoms with Crippen molar-refractivity contribution >= 4 is 7.25 Å². The van der Waals surface area contributed by atoms with Crippen LogP contribution in [-0.2, 0) is 19.5 Å². The summed E-state index contributed by atoms with van der Waals surface area (Å²) < 4.78 is 39.0. The van der Waals surface area contributed by atoms with Crippen LogP contribution in [0.15, 0.2) is 36.5 Å². The second kappa shape index (κ2) is 16.7. The van der Waals surface area contributed by atoms with Crippen molar-refractivity contribution in [3.05, 3.63) is 48.6 Å². The van der Waals surface area contributed by atoms with E-state index in [0.717, 1.165) is 12.8 Å². The fourth-order valence-corrected chi connectivity index (χ4v) is 1.61. The van der Waals surface area contributed by atoms with Crippen molar-refractivity contribution in [2.75, 3.05) is 0 Å². The largest absolute Gasteiger partial charge is 3.00 e. The average Bonchev–Trinajstić information content (AvgIpc) is 2.24. The Bertz CT molecular complexity index is 285. The molecule has 0 N–H and O–H groups in total. The van der Waals surface area contributed by atoms with Crippen molar-refractivity contribution in [3.8, 4) is 0 Å². The topological polar surface area (TPSA) is 0 Å². The van der Waals surface area contributed by atoms with Gasteiger partial charge in [0.25, 0.3) is 0 Å². The summed E-state index contributed by atoms with van der Waals surface area (Å²) in [4.78, 5) is 0. The van der Waals surface area contributed by atoms with E-state index in [-0.39, 0.29) is 19.5 Å². The molecule has 0 radical (unpaired) electrons. The minimum Gasteiger partial charge on any atom is -0.418 e. The summed E-state index contributed by atoms with van der Waals surface area (Å²) in [6.07, 6.45) is 29.0. The van der Waals surface area contributed by atoms with Crippen molar-refractivity contribution < 1.29 is 36.7 Å². The van der Waals surface area contributed by atoms with E-state index < -0.39 is 7.25 Å². The molecule has 0 aromatic rings. The van der Waals surface area contributed by atoms with Crippen molar-refractivity contribution in [3.63, 3.8) is 0 Å². The zero-order valence-electron chi connectivity index (χ0n) is 12.5. The van der Waals surface area contributed by atoms with E-state index in [0.29, 0.717) is 0 Å². The van der Waals surface area contributed by atoms with Crippen molar-refractivity contribution in [1.82, 2.24) is 0 Å². The number of hydrogen-bond acceptors (Lipinski definition) is 0. The summed E-state index contributed by atoms with van der Waals surface area (Å²) in [6, 6.07) is 0. The van der Waals surface area contributed by atoms with Crippen LogP contribution >= 0.6 is 0 Å². The SMILES string of the molecule is F[B-](F)(F)F.[C-]1=CC=CCCCC1.[C-]1=CC=CCCCC1.[Rh+3]. The van der Waals surface area contributed by atoms with Gasteiger partial charge in [-0.1, -0.05) is 38.5 Å². The quantitative estimate of drug-likeness (QED) is 0.255. The molecule has 0 spiro atoms. The Hall–Kier alpha value is -0.632. The molecule has 0 bridgehead atoms. The van der Waals surface area contributed by atoms with E-state index in [1.807, 2.05) is 12.2 Å². The monoisotopic (exact) mass is 404 g/mol.